The fraction of sp³-hybridized carbons (Fsp3) is 0.500. The Bertz CT molecular complexity index is 1050. The van der Waals surface area contributed by atoms with E-state index in [0.29, 0.717) is 11.0 Å². The van der Waals surface area contributed by atoms with Gasteiger partial charge in [-0.25, -0.2) is 19.5 Å². The van der Waals surface area contributed by atoms with E-state index in [-0.39, 0.29) is 18.3 Å². The van der Waals surface area contributed by atoms with E-state index < -0.39 is 53.2 Å². The standard InChI is InChI=1S/C22H23F3N4O5/c1-2-34-20(32)16-15-17(29(27-16)21(33)26-13-8-4-3-5-9-13)19(31)28(18(15)30)14-10-6-7-12(11-14)22(23,24)25/h6-7,10-11,13,15,17H,2-5,8-9H2,1H3,(H,26,33). The third kappa shape index (κ3) is 4.24. The molecule has 3 aliphatic rings. The predicted octanol–water partition coefficient (Wildman–Crippen LogP) is 2.84. The zero-order chi connectivity index (χ0) is 24.6. The number of carbonyl (C=O) groups excluding carboxylic acids is 4. The zero-order valence-corrected chi connectivity index (χ0v) is 18.3. The number of fused-ring (bicyclic) bond motifs is 1. The first-order valence-electron chi connectivity index (χ1n) is 11.0. The molecule has 2 atom stereocenters. The number of urea groups is 1. The van der Waals surface area contributed by atoms with Gasteiger partial charge in [0.15, 0.2) is 11.8 Å². The summed E-state index contributed by atoms with van der Waals surface area (Å²) in [6, 6.07) is 1.34. The van der Waals surface area contributed by atoms with Gasteiger partial charge in [0.2, 0.25) is 5.91 Å². The highest BCUT2D eigenvalue weighted by molar-refractivity contribution is 6.47. The number of carbonyl (C=O) groups is 4. The number of anilines is 1. The molecule has 0 spiro atoms. The number of hydrogen-bond acceptors (Lipinski definition) is 6. The number of hydrogen-bond donors (Lipinski definition) is 1. The van der Waals surface area contributed by atoms with Crippen molar-refractivity contribution in [1.29, 1.82) is 0 Å². The van der Waals surface area contributed by atoms with E-state index in [2.05, 4.69) is 10.4 Å². The number of imide groups is 1. The van der Waals surface area contributed by atoms with Crippen molar-refractivity contribution >= 4 is 35.2 Å². The summed E-state index contributed by atoms with van der Waals surface area (Å²) >= 11 is 0. The number of esters is 1. The van der Waals surface area contributed by atoms with Crippen LogP contribution in [0.4, 0.5) is 23.7 Å². The lowest BCUT2D eigenvalue weighted by atomic mass is 9.95. The summed E-state index contributed by atoms with van der Waals surface area (Å²) in [6.45, 7) is 1.50. The van der Waals surface area contributed by atoms with Gasteiger partial charge in [0.25, 0.3) is 5.91 Å². The van der Waals surface area contributed by atoms with Crippen molar-refractivity contribution in [3.8, 4) is 0 Å². The Kier molecular flexibility index (Phi) is 6.32. The molecule has 2 unspecified atom stereocenters. The van der Waals surface area contributed by atoms with Gasteiger partial charge in [-0.15, -0.1) is 0 Å². The highest BCUT2D eigenvalue weighted by Crippen LogP contribution is 2.38. The third-order valence-electron chi connectivity index (χ3n) is 6.11. The quantitative estimate of drug-likeness (QED) is 0.527. The molecule has 12 heteroatoms. The van der Waals surface area contributed by atoms with E-state index in [1.807, 2.05) is 0 Å². The highest BCUT2D eigenvalue weighted by atomic mass is 19.4. The van der Waals surface area contributed by atoms with E-state index >= 15 is 0 Å². The van der Waals surface area contributed by atoms with Crippen molar-refractivity contribution in [1.82, 2.24) is 10.3 Å². The number of ether oxygens (including phenoxy) is 1. The fourth-order valence-electron chi connectivity index (χ4n) is 4.52. The SMILES string of the molecule is CCOC(=O)C1=NN(C(=O)NC2CCCCC2)C2C(=O)N(c3cccc(C(F)(F)F)c3)C(=O)C12. The summed E-state index contributed by atoms with van der Waals surface area (Å²) in [7, 11) is 0. The Morgan fingerprint density at radius 2 is 1.85 bits per heavy atom. The van der Waals surface area contributed by atoms with Crippen molar-refractivity contribution in [2.24, 2.45) is 11.0 Å². The third-order valence-corrected chi connectivity index (χ3v) is 6.11. The lowest BCUT2D eigenvalue weighted by Crippen LogP contribution is -2.49. The minimum Gasteiger partial charge on any atom is -0.461 e. The maximum absolute atomic E-state index is 13.3. The number of halogens is 3. The zero-order valence-electron chi connectivity index (χ0n) is 18.3. The van der Waals surface area contributed by atoms with Crippen molar-refractivity contribution < 1.29 is 37.1 Å². The molecule has 1 saturated carbocycles. The Labute approximate surface area is 192 Å². The first-order chi connectivity index (χ1) is 16.1. The molecule has 1 saturated heterocycles. The summed E-state index contributed by atoms with van der Waals surface area (Å²) in [5.74, 6) is -4.35. The molecular weight excluding hydrogens is 457 g/mol. The van der Waals surface area contributed by atoms with Crippen LogP contribution in [0.3, 0.4) is 0 Å². The molecule has 2 fully saturated rings. The molecule has 1 aromatic rings. The second kappa shape index (κ2) is 9.07. The number of rotatable bonds is 4. The summed E-state index contributed by atoms with van der Waals surface area (Å²) in [4.78, 5) is 52.5. The molecule has 1 aliphatic carbocycles. The lowest BCUT2D eigenvalue weighted by Gasteiger charge is -2.26. The first kappa shape index (κ1) is 23.7. The molecule has 2 heterocycles. The van der Waals surface area contributed by atoms with Crippen LogP contribution >= 0.6 is 0 Å². The van der Waals surface area contributed by atoms with Gasteiger partial charge in [-0.3, -0.25) is 9.59 Å². The molecule has 4 amide bonds. The monoisotopic (exact) mass is 480 g/mol. The first-order valence-corrected chi connectivity index (χ1v) is 11.0. The van der Waals surface area contributed by atoms with E-state index in [1.54, 1.807) is 0 Å². The van der Waals surface area contributed by atoms with Crippen LogP contribution in [0.15, 0.2) is 29.4 Å². The second-order valence-corrected chi connectivity index (χ2v) is 8.32. The van der Waals surface area contributed by atoms with Crippen molar-refractivity contribution in [2.75, 3.05) is 11.5 Å². The van der Waals surface area contributed by atoms with Gasteiger partial charge in [0, 0.05) is 6.04 Å². The molecule has 9 nitrogen and oxygen atoms in total. The van der Waals surface area contributed by atoms with Gasteiger partial charge in [0.1, 0.15) is 5.92 Å². The molecule has 182 valence electrons. The number of hydrazone groups is 1. The van der Waals surface area contributed by atoms with Gasteiger partial charge in [-0.1, -0.05) is 25.3 Å². The number of alkyl halides is 3. The van der Waals surface area contributed by atoms with E-state index in [4.69, 9.17) is 4.74 Å². The van der Waals surface area contributed by atoms with Gasteiger partial charge in [-0.2, -0.15) is 18.3 Å². The van der Waals surface area contributed by atoms with Crippen LogP contribution in [-0.2, 0) is 25.3 Å². The average Bonchev–Trinajstić information content (AvgIpc) is 3.31. The molecule has 1 N–H and O–H groups in total. The van der Waals surface area contributed by atoms with Crippen molar-refractivity contribution in [3.05, 3.63) is 29.8 Å². The van der Waals surface area contributed by atoms with Gasteiger partial charge in [0.05, 0.1) is 17.9 Å². The highest BCUT2D eigenvalue weighted by Gasteiger charge is 2.60. The molecule has 1 aromatic carbocycles. The van der Waals surface area contributed by atoms with Gasteiger partial charge >= 0.3 is 18.2 Å². The molecule has 34 heavy (non-hydrogen) atoms. The Balaban J connectivity index is 1.67. The average molecular weight is 480 g/mol. The second-order valence-electron chi connectivity index (χ2n) is 8.32. The topological polar surface area (TPSA) is 108 Å². The van der Waals surface area contributed by atoms with Crippen LogP contribution in [0.2, 0.25) is 0 Å². The molecule has 2 aliphatic heterocycles. The maximum atomic E-state index is 13.3. The molecular formula is C22H23F3N4O5. The smallest absolute Gasteiger partial charge is 0.416 e. The summed E-state index contributed by atoms with van der Waals surface area (Å²) in [6.07, 6.45) is -0.313. The summed E-state index contributed by atoms with van der Waals surface area (Å²) in [5.41, 5.74) is -1.79. The lowest BCUT2D eigenvalue weighted by molar-refractivity contribution is -0.137. The molecule has 0 bridgehead atoms. The predicted molar refractivity (Wildman–Crippen MR) is 113 cm³/mol. The van der Waals surface area contributed by atoms with Crippen LogP contribution in [0, 0.1) is 5.92 Å². The summed E-state index contributed by atoms with van der Waals surface area (Å²) < 4.78 is 44.5. The fourth-order valence-corrected chi connectivity index (χ4v) is 4.52. The number of nitrogens with zero attached hydrogens (tertiary/aromatic N) is 3. The summed E-state index contributed by atoms with van der Waals surface area (Å²) in [5, 5.41) is 7.49. The molecule has 0 aromatic heterocycles. The largest absolute Gasteiger partial charge is 0.461 e. The minimum atomic E-state index is -4.69. The van der Waals surface area contributed by atoms with E-state index in [0.717, 1.165) is 49.2 Å². The van der Waals surface area contributed by atoms with Crippen LogP contribution in [0.1, 0.15) is 44.6 Å². The van der Waals surface area contributed by atoms with Crippen LogP contribution in [0.5, 0.6) is 0 Å². The Morgan fingerprint density at radius 1 is 1.15 bits per heavy atom. The molecule has 0 radical (unpaired) electrons. The van der Waals surface area contributed by atoms with Gasteiger partial charge < -0.3 is 10.1 Å². The Hall–Kier alpha value is -3.44. The van der Waals surface area contributed by atoms with Crippen LogP contribution < -0.4 is 10.2 Å². The number of amides is 4. The van der Waals surface area contributed by atoms with Crippen LogP contribution in [0.25, 0.3) is 0 Å². The maximum Gasteiger partial charge on any atom is 0.416 e. The van der Waals surface area contributed by atoms with Gasteiger partial charge in [-0.05, 0) is 38.0 Å². The number of nitrogens with one attached hydrogen (secondary N) is 1. The van der Waals surface area contributed by atoms with E-state index in [1.165, 1.54) is 13.0 Å². The van der Waals surface area contributed by atoms with Crippen molar-refractivity contribution in [2.45, 2.75) is 57.3 Å². The number of benzene rings is 1. The minimum absolute atomic E-state index is 0.0387. The van der Waals surface area contributed by atoms with Crippen molar-refractivity contribution in [3.63, 3.8) is 0 Å². The van der Waals surface area contributed by atoms with Crippen LogP contribution in [-0.4, -0.2) is 53.2 Å². The normalized spacial score (nSPS) is 23.1. The van der Waals surface area contributed by atoms with E-state index in [9.17, 15) is 32.3 Å². The Morgan fingerprint density at radius 3 is 2.50 bits per heavy atom. The molecule has 4 rings (SSSR count).